The topological polar surface area (TPSA) is 73.4 Å². The standard InChI is InChI=1S/C18H27N7/c1-22(2)16-13-17(21-18(23(3)4)15(16)14-20)25-11-9-24(10-12-25)8-6-5-7-19/h13H,5-6,8-12H2,1-4H3. The van der Waals surface area contributed by atoms with Gasteiger partial charge in [0.2, 0.25) is 0 Å². The summed E-state index contributed by atoms with van der Waals surface area (Å²) in [6, 6.07) is 6.51. The number of aromatic nitrogens is 1. The number of hydrogen-bond acceptors (Lipinski definition) is 7. The van der Waals surface area contributed by atoms with E-state index >= 15 is 0 Å². The summed E-state index contributed by atoms with van der Waals surface area (Å²) in [4.78, 5) is 13.3. The maximum absolute atomic E-state index is 9.55. The molecule has 0 unspecified atom stereocenters. The van der Waals surface area contributed by atoms with E-state index in [1.54, 1.807) is 0 Å². The highest BCUT2D eigenvalue weighted by atomic mass is 15.3. The molecular weight excluding hydrogens is 314 g/mol. The fourth-order valence-corrected chi connectivity index (χ4v) is 3.03. The second-order valence-corrected chi connectivity index (χ2v) is 6.69. The highest BCUT2D eigenvalue weighted by Gasteiger charge is 2.22. The highest BCUT2D eigenvalue weighted by Crippen LogP contribution is 2.31. The first-order valence-electron chi connectivity index (χ1n) is 8.62. The van der Waals surface area contributed by atoms with Crippen molar-refractivity contribution in [2.45, 2.75) is 12.8 Å². The van der Waals surface area contributed by atoms with Gasteiger partial charge in [0.15, 0.2) is 5.82 Å². The molecule has 1 aliphatic heterocycles. The van der Waals surface area contributed by atoms with Crippen molar-refractivity contribution in [2.24, 2.45) is 0 Å². The number of unbranched alkanes of at least 4 members (excludes halogenated alkanes) is 1. The number of nitriles is 2. The Kier molecular flexibility index (Phi) is 6.44. The van der Waals surface area contributed by atoms with Crippen LogP contribution in [0, 0.1) is 22.7 Å². The number of hydrogen-bond donors (Lipinski definition) is 0. The molecule has 1 aliphatic rings. The molecule has 0 spiro atoms. The lowest BCUT2D eigenvalue weighted by Crippen LogP contribution is -2.47. The average Bonchev–Trinajstić information content (AvgIpc) is 2.61. The van der Waals surface area contributed by atoms with Crippen molar-refractivity contribution in [3.63, 3.8) is 0 Å². The molecule has 7 heteroatoms. The monoisotopic (exact) mass is 341 g/mol. The molecule has 25 heavy (non-hydrogen) atoms. The first kappa shape index (κ1) is 18.8. The van der Waals surface area contributed by atoms with E-state index in [1.165, 1.54) is 0 Å². The second-order valence-electron chi connectivity index (χ2n) is 6.69. The molecule has 0 saturated carbocycles. The van der Waals surface area contributed by atoms with Crippen molar-refractivity contribution in [1.29, 1.82) is 10.5 Å². The molecule has 1 fully saturated rings. The van der Waals surface area contributed by atoms with E-state index in [9.17, 15) is 5.26 Å². The van der Waals surface area contributed by atoms with E-state index in [0.29, 0.717) is 17.8 Å². The van der Waals surface area contributed by atoms with E-state index in [-0.39, 0.29) is 0 Å². The summed E-state index contributed by atoms with van der Waals surface area (Å²) in [6.45, 7) is 4.74. The molecule has 0 aliphatic carbocycles. The van der Waals surface area contributed by atoms with Crippen LogP contribution in [0.1, 0.15) is 18.4 Å². The van der Waals surface area contributed by atoms with Crippen molar-refractivity contribution < 1.29 is 0 Å². The van der Waals surface area contributed by atoms with Gasteiger partial charge in [0, 0.05) is 66.9 Å². The van der Waals surface area contributed by atoms with Crippen LogP contribution in [-0.4, -0.2) is 70.8 Å². The zero-order valence-electron chi connectivity index (χ0n) is 15.7. The fourth-order valence-electron chi connectivity index (χ4n) is 3.03. The van der Waals surface area contributed by atoms with Crippen molar-refractivity contribution in [1.82, 2.24) is 9.88 Å². The van der Waals surface area contributed by atoms with E-state index in [1.807, 2.05) is 44.1 Å². The molecule has 0 aromatic carbocycles. The maximum Gasteiger partial charge on any atom is 0.150 e. The van der Waals surface area contributed by atoms with Crippen LogP contribution in [0.2, 0.25) is 0 Å². The van der Waals surface area contributed by atoms with Gasteiger partial charge in [-0.3, -0.25) is 4.90 Å². The van der Waals surface area contributed by atoms with Crippen molar-refractivity contribution >= 4 is 17.3 Å². The number of anilines is 3. The fraction of sp³-hybridized carbons (Fsp3) is 0.611. The lowest BCUT2D eigenvalue weighted by Gasteiger charge is -2.36. The summed E-state index contributed by atoms with van der Waals surface area (Å²) < 4.78 is 0. The van der Waals surface area contributed by atoms with E-state index < -0.39 is 0 Å². The Bertz CT molecular complexity index is 632. The minimum Gasteiger partial charge on any atom is -0.376 e. The highest BCUT2D eigenvalue weighted by molar-refractivity contribution is 5.73. The smallest absolute Gasteiger partial charge is 0.150 e. The largest absolute Gasteiger partial charge is 0.376 e. The van der Waals surface area contributed by atoms with Crippen LogP contribution in [0.25, 0.3) is 0 Å². The quantitative estimate of drug-likeness (QED) is 0.726. The normalized spacial score (nSPS) is 14.7. The van der Waals surface area contributed by atoms with Gasteiger partial charge < -0.3 is 14.7 Å². The van der Waals surface area contributed by atoms with Crippen molar-refractivity contribution in [2.75, 3.05) is 75.6 Å². The molecule has 0 atom stereocenters. The van der Waals surface area contributed by atoms with Crippen LogP contribution in [0.5, 0.6) is 0 Å². The Labute approximate surface area is 150 Å². The van der Waals surface area contributed by atoms with Gasteiger partial charge in [-0.05, 0) is 13.0 Å². The van der Waals surface area contributed by atoms with Crippen LogP contribution < -0.4 is 14.7 Å². The third-order valence-electron chi connectivity index (χ3n) is 4.44. The minimum atomic E-state index is 0.605. The molecule has 2 heterocycles. The molecule has 134 valence electrons. The van der Waals surface area contributed by atoms with E-state index in [0.717, 1.165) is 50.6 Å². The zero-order valence-corrected chi connectivity index (χ0v) is 15.7. The first-order chi connectivity index (χ1) is 12.0. The summed E-state index contributed by atoms with van der Waals surface area (Å²) in [5.41, 5.74) is 1.50. The van der Waals surface area contributed by atoms with Crippen molar-refractivity contribution in [3.05, 3.63) is 11.6 Å². The Balaban J connectivity index is 2.18. The average molecular weight is 341 g/mol. The molecular formula is C18H27N7. The third-order valence-corrected chi connectivity index (χ3v) is 4.44. The third kappa shape index (κ3) is 4.52. The minimum absolute atomic E-state index is 0.605. The molecule has 1 saturated heterocycles. The van der Waals surface area contributed by atoms with Gasteiger partial charge >= 0.3 is 0 Å². The van der Waals surface area contributed by atoms with Crippen LogP contribution >= 0.6 is 0 Å². The molecule has 0 bridgehead atoms. The Morgan fingerprint density at radius 1 is 1.08 bits per heavy atom. The number of pyridine rings is 1. The van der Waals surface area contributed by atoms with Crippen LogP contribution in [0.4, 0.5) is 17.3 Å². The molecule has 7 nitrogen and oxygen atoms in total. The van der Waals surface area contributed by atoms with Gasteiger partial charge in [0.1, 0.15) is 17.5 Å². The van der Waals surface area contributed by atoms with Gasteiger partial charge in [-0.1, -0.05) is 0 Å². The Morgan fingerprint density at radius 2 is 1.76 bits per heavy atom. The second kappa shape index (κ2) is 8.55. The lowest BCUT2D eigenvalue weighted by atomic mass is 10.2. The Hall–Kier alpha value is -2.51. The lowest BCUT2D eigenvalue weighted by molar-refractivity contribution is 0.255. The molecule has 0 amide bonds. The van der Waals surface area contributed by atoms with Crippen LogP contribution in [0.15, 0.2) is 6.07 Å². The molecule has 1 aromatic rings. The van der Waals surface area contributed by atoms with E-state index in [4.69, 9.17) is 10.2 Å². The summed E-state index contributed by atoms with van der Waals surface area (Å²) in [6.07, 6.45) is 1.55. The van der Waals surface area contributed by atoms with Gasteiger partial charge in [-0.15, -0.1) is 0 Å². The van der Waals surface area contributed by atoms with Gasteiger partial charge in [0.05, 0.1) is 11.8 Å². The van der Waals surface area contributed by atoms with Gasteiger partial charge in [0.25, 0.3) is 0 Å². The predicted octanol–water partition coefficient (Wildman–Crippen LogP) is 1.51. The maximum atomic E-state index is 9.55. The number of nitrogens with zero attached hydrogens (tertiary/aromatic N) is 7. The molecule has 0 radical (unpaired) electrons. The Morgan fingerprint density at radius 3 is 2.28 bits per heavy atom. The zero-order chi connectivity index (χ0) is 18.4. The summed E-state index contributed by atoms with van der Waals surface area (Å²) in [7, 11) is 7.73. The van der Waals surface area contributed by atoms with Gasteiger partial charge in [-0.2, -0.15) is 10.5 Å². The molecule has 2 rings (SSSR count). The van der Waals surface area contributed by atoms with Crippen molar-refractivity contribution in [3.8, 4) is 12.1 Å². The van der Waals surface area contributed by atoms with Crippen LogP contribution in [0.3, 0.4) is 0 Å². The predicted molar refractivity (Wildman–Crippen MR) is 101 cm³/mol. The first-order valence-corrected chi connectivity index (χ1v) is 8.62. The summed E-state index contributed by atoms with van der Waals surface area (Å²) in [5, 5.41) is 18.2. The molecule has 1 aromatic heterocycles. The SMILES string of the molecule is CN(C)c1cc(N2CCN(CCCC#N)CC2)nc(N(C)C)c1C#N. The molecule has 0 N–H and O–H groups in total. The van der Waals surface area contributed by atoms with Gasteiger partial charge in [-0.25, -0.2) is 4.98 Å². The number of rotatable bonds is 6. The summed E-state index contributed by atoms with van der Waals surface area (Å²) in [5.74, 6) is 1.63. The summed E-state index contributed by atoms with van der Waals surface area (Å²) >= 11 is 0. The van der Waals surface area contributed by atoms with E-state index in [2.05, 4.69) is 21.9 Å². The van der Waals surface area contributed by atoms with Crippen LogP contribution in [-0.2, 0) is 0 Å². The number of piperazine rings is 1.